The van der Waals surface area contributed by atoms with Gasteiger partial charge in [-0.05, 0) is 47.2 Å². The molecule has 0 amide bonds. The molecule has 4 aromatic carbocycles. The van der Waals surface area contributed by atoms with Crippen LogP contribution in [0.4, 0.5) is 26.3 Å². The number of alkyl halides is 6. The first-order chi connectivity index (χ1) is 32.4. The van der Waals surface area contributed by atoms with Crippen LogP contribution in [0.5, 0.6) is 0 Å². The van der Waals surface area contributed by atoms with E-state index in [1.807, 2.05) is 97.1 Å². The maximum Gasteiger partial charge on any atom is 0.448 e. The molecule has 2 aliphatic rings. The van der Waals surface area contributed by atoms with Crippen molar-refractivity contribution in [2.75, 3.05) is 0 Å². The van der Waals surface area contributed by atoms with E-state index in [1.54, 1.807) is 27.7 Å². The molecule has 354 valence electrons. The summed E-state index contributed by atoms with van der Waals surface area (Å²) in [5, 5.41) is 20.6. The molecule has 2 aliphatic heterocycles. The van der Waals surface area contributed by atoms with Gasteiger partial charge in [-0.25, -0.2) is 9.97 Å². The minimum Gasteiger partial charge on any atom is -0.504 e. The standard InChI is InChI=1S/C32H16N8.2C9H13F3O2.Hf/c1-2-10-18-17(9-1)25-33-26(18)38-28-21-13-5-6-14-22(21)30(35-28)40-32-24-16-8-7-15-23(24)31(36-32)39-29-20-12-4-3-11-19(20)27(34-29)37-25;2*1-3-6(4-2)7(13)5-8(14)9(10,11)12;/h1-16H;2*5-6,14H,3-4H2,1-2H3;/q-2;;;. The van der Waals surface area contributed by atoms with Gasteiger partial charge in [-0.15, -0.1) is 0 Å². The second-order valence-electron chi connectivity index (χ2n) is 15.6. The van der Waals surface area contributed by atoms with Crippen LogP contribution in [0.25, 0.3) is 89.7 Å². The van der Waals surface area contributed by atoms with E-state index in [0.29, 0.717) is 71.6 Å². The monoisotopic (exact) mass is 1110 g/mol. The molecule has 69 heavy (non-hydrogen) atoms. The average Bonchev–Trinajstić information content (AvgIpc) is 4.05. The van der Waals surface area contributed by atoms with E-state index < -0.39 is 47.3 Å². The zero-order valence-electron chi connectivity index (χ0n) is 37.4. The van der Waals surface area contributed by atoms with Crippen molar-refractivity contribution in [3.05, 3.63) is 121 Å². The molecule has 0 fully saturated rings. The number of fused-ring (bicyclic) bond motifs is 20. The number of aromatic nitrogens is 8. The first-order valence-electron chi connectivity index (χ1n) is 21.6. The fourth-order valence-electron chi connectivity index (χ4n) is 7.51. The van der Waals surface area contributed by atoms with Gasteiger partial charge < -0.3 is 40.1 Å². The van der Waals surface area contributed by atoms with E-state index in [-0.39, 0.29) is 38.0 Å². The van der Waals surface area contributed by atoms with E-state index in [1.165, 1.54) is 0 Å². The Bertz CT molecular complexity index is 2890. The fourth-order valence-corrected chi connectivity index (χ4v) is 7.51. The number of hydrogen-bond donors (Lipinski definition) is 2. The van der Waals surface area contributed by atoms with Crippen LogP contribution in [0.1, 0.15) is 53.4 Å². The number of aliphatic hydroxyl groups is 2. The molecule has 0 saturated heterocycles. The number of ketones is 2. The predicted molar refractivity (Wildman–Crippen MR) is 246 cm³/mol. The van der Waals surface area contributed by atoms with Crippen LogP contribution in [0.2, 0.25) is 0 Å². The van der Waals surface area contributed by atoms with Crippen molar-refractivity contribution in [1.29, 1.82) is 0 Å². The van der Waals surface area contributed by atoms with Crippen LogP contribution in [-0.4, -0.2) is 64.0 Å². The quantitative estimate of drug-likeness (QED) is 0.0637. The summed E-state index contributed by atoms with van der Waals surface area (Å²) in [6.07, 6.45) is -7.26. The Morgan fingerprint density at radius 1 is 0.464 bits per heavy atom. The zero-order chi connectivity index (χ0) is 48.9. The third kappa shape index (κ3) is 11.4. The molecule has 5 heterocycles. The minimum absolute atomic E-state index is 0. The Labute approximate surface area is 409 Å². The van der Waals surface area contributed by atoms with Crippen molar-refractivity contribution >= 4 is 55.7 Å². The maximum atomic E-state index is 11.8. The molecule has 0 atom stereocenters. The molecule has 0 saturated carbocycles. The molecule has 19 heteroatoms. The van der Waals surface area contributed by atoms with Crippen molar-refractivity contribution in [1.82, 2.24) is 39.9 Å². The number of carbonyl (C=O) groups is 2. The van der Waals surface area contributed by atoms with Gasteiger partial charge in [0, 0.05) is 94.7 Å². The van der Waals surface area contributed by atoms with Crippen LogP contribution < -0.4 is 9.97 Å². The minimum atomic E-state index is -4.83. The van der Waals surface area contributed by atoms with E-state index in [0.717, 1.165) is 43.8 Å². The number of allylic oxidation sites excluding steroid dienone is 4. The number of rotatable bonds is 8. The van der Waals surface area contributed by atoms with Crippen molar-refractivity contribution in [2.45, 2.75) is 65.7 Å². The molecule has 0 unspecified atom stereocenters. The SMILES string of the molecule is CCC(CC)C(=O)C=C(O)C(F)(F)F.CCC(CC)C(=O)C=C(O)C(F)(F)F.[Hf].c1ccc2c(c1)-c1nc-2nc2[n-]c(nc3nc(nc4[n-]c(n1)c1ccccc41)-c1ccccc1-3)c1ccccc21. The average molecular weight is 1110 g/mol. The van der Waals surface area contributed by atoms with Gasteiger partial charge in [-0.3, -0.25) is 9.59 Å². The van der Waals surface area contributed by atoms with Crippen molar-refractivity contribution in [3.8, 4) is 45.6 Å². The molecule has 12 nitrogen and oxygen atoms in total. The number of halogens is 6. The molecule has 8 bridgehead atoms. The van der Waals surface area contributed by atoms with Gasteiger partial charge in [0.15, 0.2) is 11.6 Å². The Morgan fingerprint density at radius 2 is 0.696 bits per heavy atom. The first kappa shape index (κ1) is 51.5. The summed E-state index contributed by atoms with van der Waals surface area (Å²) in [7, 11) is 0. The van der Waals surface area contributed by atoms with Crippen molar-refractivity contribution in [2.24, 2.45) is 11.8 Å². The Morgan fingerprint density at radius 3 is 0.913 bits per heavy atom. The van der Waals surface area contributed by atoms with Crippen LogP contribution >= 0.6 is 0 Å². The largest absolute Gasteiger partial charge is 0.504 e. The Kier molecular flexibility index (Phi) is 16.1. The van der Waals surface area contributed by atoms with Crippen molar-refractivity contribution in [3.63, 3.8) is 0 Å². The molecule has 3 aromatic heterocycles. The molecule has 9 rings (SSSR count). The summed E-state index contributed by atoms with van der Waals surface area (Å²) in [6, 6.07) is 31.8. The number of hydrogen-bond acceptors (Lipinski definition) is 10. The molecule has 0 spiro atoms. The van der Waals surface area contributed by atoms with E-state index >= 15 is 0 Å². The molecular weight excluding hydrogens is 1070 g/mol. The number of aliphatic hydroxyl groups excluding tert-OH is 2. The van der Waals surface area contributed by atoms with Gasteiger partial charge >= 0.3 is 12.4 Å². The number of benzene rings is 4. The zero-order valence-corrected chi connectivity index (χ0v) is 41.0. The topological polar surface area (TPSA) is 180 Å². The fraction of sp³-hybridized carbons (Fsp3) is 0.240. The first-order valence-corrected chi connectivity index (χ1v) is 21.6. The van der Waals surface area contributed by atoms with Gasteiger partial charge in [0.2, 0.25) is 11.5 Å². The van der Waals surface area contributed by atoms with Crippen LogP contribution in [0.3, 0.4) is 0 Å². The normalized spacial score (nSPS) is 12.4. The van der Waals surface area contributed by atoms with Gasteiger partial charge in [-0.1, -0.05) is 125 Å². The van der Waals surface area contributed by atoms with Crippen LogP contribution in [-0.2, 0) is 35.4 Å². The number of nitrogens with zero attached hydrogens (tertiary/aromatic N) is 8. The van der Waals surface area contributed by atoms with Gasteiger partial charge in [0.1, 0.15) is 0 Å². The maximum absolute atomic E-state index is 11.8. The molecule has 7 aromatic rings. The van der Waals surface area contributed by atoms with Gasteiger partial charge in [0.25, 0.3) is 0 Å². The molecule has 0 radical (unpaired) electrons. The predicted octanol–water partition coefficient (Wildman–Crippen LogP) is 12.1. The molecular formula is C50H42F6HfN8O4-2. The Balaban J connectivity index is 0.000000225. The van der Waals surface area contributed by atoms with Gasteiger partial charge in [-0.2, -0.15) is 26.3 Å². The third-order valence-electron chi connectivity index (χ3n) is 11.2. The van der Waals surface area contributed by atoms with Gasteiger partial charge in [0.05, 0.1) is 23.3 Å². The summed E-state index contributed by atoms with van der Waals surface area (Å²) in [5.41, 5.74) is 5.78. The molecule has 0 aliphatic carbocycles. The second kappa shape index (κ2) is 21.6. The third-order valence-corrected chi connectivity index (χ3v) is 11.2. The second-order valence-corrected chi connectivity index (χ2v) is 15.6. The van der Waals surface area contributed by atoms with Crippen molar-refractivity contribution < 1.29 is 72.0 Å². The summed E-state index contributed by atoms with van der Waals surface area (Å²) in [5.74, 6) is -3.68. The molecule has 2 N–H and O–H groups in total. The smallest absolute Gasteiger partial charge is 0.448 e. The van der Waals surface area contributed by atoms with E-state index in [2.05, 4.69) is 0 Å². The van der Waals surface area contributed by atoms with E-state index in [9.17, 15) is 35.9 Å². The summed E-state index contributed by atoms with van der Waals surface area (Å²) < 4.78 is 70.9. The number of carbonyl (C=O) groups excluding carboxylic acids is 2. The Hall–Kier alpha value is -6.89. The van der Waals surface area contributed by atoms with Crippen LogP contribution in [0, 0.1) is 11.8 Å². The summed E-state index contributed by atoms with van der Waals surface area (Å²) in [6.45, 7) is 6.85. The summed E-state index contributed by atoms with van der Waals surface area (Å²) >= 11 is 0. The van der Waals surface area contributed by atoms with E-state index in [4.69, 9.17) is 50.1 Å². The van der Waals surface area contributed by atoms with Crippen LogP contribution in [0.15, 0.2) is 121 Å². The summed E-state index contributed by atoms with van der Waals surface area (Å²) in [4.78, 5) is 61.5.